The van der Waals surface area contributed by atoms with Crippen molar-refractivity contribution in [3.63, 3.8) is 0 Å². The second-order valence-corrected chi connectivity index (χ2v) is 7.84. The highest BCUT2D eigenvalue weighted by molar-refractivity contribution is 5.78. The highest BCUT2D eigenvalue weighted by Crippen LogP contribution is 2.18. The minimum atomic E-state index is -0.0257. The predicted molar refractivity (Wildman–Crippen MR) is 106 cm³/mol. The summed E-state index contributed by atoms with van der Waals surface area (Å²) in [5.74, 6) is 1.27. The molecule has 1 aromatic carbocycles. The van der Waals surface area contributed by atoms with Gasteiger partial charge in [-0.2, -0.15) is 0 Å². The van der Waals surface area contributed by atoms with Crippen LogP contribution in [0.5, 0.6) is 0 Å². The van der Waals surface area contributed by atoms with Crippen molar-refractivity contribution in [2.24, 2.45) is 11.8 Å². The van der Waals surface area contributed by atoms with Crippen molar-refractivity contribution in [3.8, 4) is 0 Å². The molecule has 1 aliphatic heterocycles. The number of hydrogen-bond acceptors (Lipinski definition) is 3. The summed E-state index contributed by atoms with van der Waals surface area (Å²) >= 11 is 0. The number of para-hydroxylation sites is 1. The predicted octanol–water partition coefficient (Wildman–Crippen LogP) is 3.35. The Balaban J connectivity index is 1.46. The smallest absolute Gasteiger partial charge is 0.317 e. The number of carbonyl (C=O) groups excluding carboxylic acids is 1. The van der Waals surface area contributed by atoms with Crippen molar-refractivity contribution in [1.82, 2.24) is 20.1 Å². The SMILES string of the molecule is CC(C)CN1CC[C@@H](CN(C)C(=O)NCc2ccc3ccccc3n2)C1. The Hall–Kier alpha value is -2.14. The van der Waals surface area contributed by atoms with Crippen molar-refractivity contribution < 1.29 is 4.79 Å². The maximum Gasteiger partial charge on any atom is 0.317 e. The monoisotopic (exact) mass is 354 g/mol. The van der Waals surface area contributed by atoms with E-state index in [9.17, 15) is 4.79 Å². The molecular formula is C21H30N4O. The van der Waals surface area contributed by atoms with Crippen molar-refractivity contribution >= 4 is 16.9 Å². The van der Waals surface area contributed by atoms with Crippen LogP contribution in [0.2, 0.25) is 0 Å². The Morgan fingerprint density at radius 2 is 2.12 bits per heavy atom. The van der Waals surface area contributed by atoms with Crippen molar-refractivity contribution in [3.05, 3.63) is 42.1 Å². The van der Waals surface area contributed by atoms with Crippen LogP contribution < -0.4 is 5.32 Å². The van der Waals surface area contributed by atoms with Crippen LogP contribution in [0.3, 0.4) is 0 Å². The van der Waals surface area contributed by atoms with E-state index in [0.29, 0.717) is 18.4 Å². The average molecular weight is 354 g/mol. The number of amides is 2. The van der Waals surface area contributed by atoms with Gasteiger partial charge in [-0.25, -0.2) is 4.79 Å². The number of fused-ring (bicyclic) bond motifs is 1. The second-order valence-electron chi connectivity index (χ2n) is 7.84. The summed E-state index contributed by atoms with van der Waals surface area (Å²) in [5.41, 5.74) is 1.85. The average Bonchev–Trinajstić information content (AvgIpc) is 3.05. The molecule has 2 aromatic rings. The number of nitrogens with one attached hydrogen (secondary N) is 1. The van der Waals surface area contributed by atoms with Crippen LogP contribution in [-0.2, 0) is 6.54 Å². The topological polar surface area (TPSA) is 48.5 Å². The van der Waals surface area contributed by atoms with Gasteiger partial charge in [0.05, 0.1) is 17.8 Å². The van der Waals surface area contributed by atoms with Gasteiger partial charge in [0, 0.05) is 32.1 Å². The Kier molecular flexibility index (Phi) is 6.09. The number of rotatable bonds is 6. The molecule has 1 saturated heterocycles. The normalized spacial score (nSPS) is 17.8. The van der Waals surface area contributed by atoms with Crippen molar-refractivity contribution in [1.29, 1.82) is 0 Å². The van der Waals surface area contributed by atoms with E-state index in [1.165, 1.54) is 6.42 Å². The van der Waals surface area contributed by atoms with Gasteiger partial charge in [0.1, 0.15) is 0 Å². The van der Waals surface area contributed by atoms with Gasteiger partial charge in [-0.05, 0) is 36.9 Å². The lowest BCUT2D eigenvalue weighted by Crippen LogP contribution is -2.40. The minimum absolute atomic E-state index is 0.0257. The molecule has 2 heterocycles. The molecule has 0 saturated carbocycles. The summed E-state index contributed by atoms with van der Waals surface area (Å²) in [4.78, 5) is 21.3. The fraction of sp³-hybridized carbons (Fsp3) is 0.524. The summed E-state index contributed by atoms with van der Waals surface area (Å²) in [6.07, 6.45) is 1.18. The van der Waals surface area contributed by atoms with Gasteiger partial charge in [0.2, 0.25) is 0 Å². The zero-order valence-electron chi connectivity index (χ0n) is 16.1. The molecule has 0 aliphatic carbocycles. The molecule has 5 heteroatoms. The molecule has 0 bridgehead atoms. The van der Waals surface area contributed by atoms with E-state index in [0.717, 1.165) is 42.8 Å². The van der Waals surface area contributed by atoms with E-state index in [2.05, 4.69) is 35.1 Å². The molecule has 1 atom stereocenters. The van der Waals surface area contributed by atoms with E-state index in [1.54, 1.807) is 0 Å². The summed E-state index contributed by atoms with van der Waals surface area (Å²) < 4.78 is 0. The van der Waals surface area contributed by atoms with E-state index in [-0.39, 0.29) is 6.03 Å². The molecule has 1 N–H and O–H groups in total. The molecule has 0 radical (unpaired) electrons. The molecule has 3 rings (SSSR count). The highest BCUT2D eigenvalue weighted by atomic mass is 16.2. The quantitative estimate of drug-likeness (QED) is 0.865. The van der Waals surface area contributed by atoms with E-state index >= 15 is 0 Å². The molecule has 1 aliphatic rings. The first kappa shape index (κ1) is 18.6. The van der Waals surface area contributed by atoms with Crippen LogP contribution in [0.25, 0.3) is 10.9 Å². The third-order valence-electron chi connectivity index (χ3n) is 4.95. The number of urea groups is 1. The summed E-state index contributed by atoms with van der Waals surface area (Å²) in [6.45, 7) is 9.19. The Labute approximate surface area is 156 Å². The standard InChI is InChI=1S/C21H30N4O/c1-16(2)13-25-11-10-17(15-25)14-24(3)21(26)22-12-19-9-8-18-6-4-5-7-20(18)23-19/h4-9,16-17H,10-15H2,1-3H3,(H,22,26)/t17-/m0/s1. The number of pyridine rings is 1. The van der Waals surface area contributed by atoms with Crippen LogP contribution in [0, 0.1) is 11.8 Å². The number of nitrogens with zero attached hydrogens (tertiary/aromatic N) is 3. The number of aromatic nitrogens is 1. The number of likely N-dealkylation sites (tertiary alicyclic amines) is 1. The van der Waals surface area contributed by atoms with Crippen LogP contribution in [0.1, 0.15) is 26.0 Å². The van der Waals surface area contributed by atoms with Gasteiger partial charge in [-0.3, -0.25) is 4.98 Å². The summed E-state index contributed by atoms with van der Waals surface area (Å²) in [7, 11) is 1.88. The van der Waals surface area contributed by atoms with Gasteiger partial charge in [0.15, 0.2) is 0 Å². The fourth-order valence-electron chi connectivity index (χ4n) is 3.72. The summed E-state index contributed by atoms with van der Waals surface area (Å²) in [6, 6.07) is 12.0. The van der Waals surface area contributed by atoms with Crippen LogP contribution in [-0.4, -0.2) is 54.0 Å². The highest BCUT2D eigenvalue weighted by Gasteiger charge is 2.25. The van der Waals surface area contributed by atoms with E-state index < -0.39 is 0 Å². The van der Waals surface area contributed by atoms with Gasteiger partial charge >= 0.3 is 6.03 Å². The Bertz CT molecular complexity index is 746. The lowest BCUT2D eigenvalue weighted by Gasteiger charge is -2.22. The first-order valence-corrected chi connectivity index (χ1v) is 9.57. The first-order valence-electron chi connectivity index (χ1n) is 9.57. The second kappa shape index (κ2) is 8.49. The summed E-state index contributed by atoms with van der Waals surface area (Å²) in [5, 5.41) is 4.11. The molecule has 140 valence electrons. The third-order valence-corrected chi connectivity index (χ3v) is 4.95. The van der Waals surface area contributed by atoms with Crippen molar-refractivity contribution in [2.45, 2.75) is 26.8 Å². The molecule has 1 aromatic heterocycles. The van der Waals surface area contributed by atoms with E-state index in [4.69, 9.17) is 0 Å². The van der Waals surface area contributed by atoms with Gasteiger partial charge in [0.25, 0.3) is 0 Å². The fourth-order valence-corrected chi connectivity index (χ4v) is 3.72. The maximum atomic E-state index is 12.4. The zero-order chi connectivity index (χ0) is 18.5. The third kappa shape index (κ3) is 4.94. The molecule has 0 unspecified atom stereocenters. The Morgan fingerprint density at radius 1 is 1.31 bits per heavy atom. The van der Waals surface area contributed by atoms with Gasteiger partial charge < -0.3 is 15.1 Å². The molecule has 5 nitrogen and oxygen atoms in total. The maximum absolute atomic E-state index is 12.4. The minimum Gasteiger partial charge on any atom is -0.332 e. The number of benzene rings is 1. The van der Waals surface area contributed by atoms with Crippen LogP contribution in [0.15, 0.2) is 36.4 Å². The molecule has 1 fully saturated rings. The molecular weight excluding hydrogens is 324 g/mol. The lowest BCUT2D eigenvalue weighted by molar-refractivity contribution is 0.198. The van der Waals surface area contributed by atoms with Crippen molar-refractivity contribution in [2.75, 3.05) is 33.2 Å². The number of hydrogen-bond donors (Lipinski definition) is 1. The number of carbonyl (C=O) groups is 1. The largest absolute Gasteiger partial charge is 0.332 e. The lowest BCUT2D eigenvalue weighted by atomic mass is 10.1. The molecule has 26 heavy (non-hydrogen) atoms. The Morgan fingerprint density at radius 3 is 2.92 bits per heavy atom. The molecule has 2 amide bonds. The van der Waals surface area contributed by atoms with Crippen LogP contribution >= 0.6 is 0 Å². The van der Waals surface area contributed by atoms with E-state index in [1.807, 2.05) is 42.3 Å². The first-order chi connectivity index (χ1) is 12.5. The zero-order valence-corrected chi connectivity index (χ0v) is 16.1. The van der Waals surface area contributed by atoms with Gasteiger partial charge in [-0.1, -0.05) is 38.1 Å². The molecule has 0 spiro atoms. The van der Waals surface area contributed by atoms with Crippen LogP contribution in [0.4, 0.5) is 4.79 Å². The van der Waals surface area contributed by atoms with Gasteiger partial charge in [-0.15, -0.1) is 0 Å².